The van der Waals surface area contributed by atoms with Crippen molar-refractivity contribution in [2.45, 2.75) is 6.92 Å². The third-order valence-corrected chi connectivity index (χ3v) is 2.96. The highest BCUT2D eigenvalue weighted by molar-refractivity contribution is 5.56. The number of para-hydroxylation sites is 1. The molecule has 0 bridgehead atoms. The third-order valence-electron chi connectivity index (χ3n) is 2.96. The minimum atomic E-state index is -0.247. The number of hydrogen-bond acceptors (Lipinski definition) is 2. The first kappa shape index (κ1) is 12.4. The van der Waals surface area contributed by atoms with Gasteiger partial charge in [-0.3, -0.25) is 4.57 Å². The predicted octanol–water partition coefficient (Wildman–Crippen LogP) is 4.06. The molecule has 3 aromatic rings. The average Bonchev–Trinajstić information content (AvgIpc) is 2.81. The van der Waals surface area contributed by atoms with Crippen molar-refractivity contribution in [3.8, 4) is 5.69 Å². The number of nitrogens with one attached hydrogen (secondary N) is 1. The molecule has 3 rings (SSSR count). The van der Waals surface area contributed by atoms with Crippen LogP contribution in [0.4, 0.5) is 16.0 Å². The van der Waals surface area contributed by atoms with Crippen molar-refractivity contribution >= 4 is 11.6 Å². The quantitative estimate of drug-likeness (QED) is 0.775. The van der Waals surface area contributed by atoms with Gasteiger partial charge in [0, 0.05) is 17.6 Å². The third kappa shape index (κ3) is 2.54. The fourth-order valence-corrected chi connectivity index (χ4v) is 2.04. The van der Waals surface area contributed by atoms with Crippen LogP contribution in [0, 0.1) is 12.7 Å². The SMILES string of the molecule is Cc1cn(-c2ccc(F)cc2)c(Nc2ccccc2)n1. The van der Waals surface area contributed by atoms with Crippen LogP contribution >= 0.6 is 0 Å². The van der Waals surface area contributed by atoms with Gasteiger partial charge in [0.25, 0.3) is 0 Å². The second kappa shape index (κ2) is 5.17. The molecule has 4 heteroatoms. The summed E-state index contributed by atoms with van der Waals surface area (Å²) < 4.78 is 14.9. The summed E-state index contributed by atoms with van der Waals surface area (Å²) in [4.78, 5) is 4.46. The fraction of sp³-hybridized carbons (Fsp3) is 0.0625. The molecule has 1 N–H and O–H groups in total. The lowest BCUT2D eigenvalue weighted by atomic mass is 10.3. The van der Waals surface area contributed by atoms with Gasteiger partial charge >= 0.3 is 0 Å². The lowest BCUT2D eigenvalue weighted by Gasteiger charge is -2.09. The van der Waals surface area contributed by atoms with Crippen LogP contribution in [0.1, 0.15) is 5.69 Å². The number of hydrogen-bond donors (Lipinski definition) is 1. The van der Waals surface area contributed by atoms with Gasteiger partial charge in [0.2, 0.25) is 5.95 Å². The molecule has 0 aliphatic rings. The van der Waals surface area contributed by atoms with E-state index in [9.17, 15) is 4.39 Å². The molecule has 0 aliphatic heterocycles. The zero-order valence-corrected chi connectivity index (χ0v) is 11.0. The van der Waals surface area contributed by atoms with E-state index < -0.39 is 0 Å². The number of benzene rings is 2. The summed E-state index contributed by atoms with van der Waals surface area (Å²) in [6.45, 7) is 1.93. The van der Waals surface area contributed by atoms with Gasteiger partial charge in [-0.05, 0) is 43.3 Å². The van der Waals surface area contributed by atoms with Gasteiger partial charge in [0.1, 0.15) is 5.82 Å². The van der Waals surface area contributed by atoms with E-state index in [4.69, 9.17) is 0 Å². The van der Waals surface area contributed by atoms with E-state index in [-0.39, 0.29) is 5.82 Å². The monoisotopic (exact) mass is 267 g/mol. The summed E-state index contributed by atoms with van der Waals surface area (Å²) in [6.07, 6.45) is 1.92. The number of aryl methyl sites for hydroxylation is 1. The lowest BCUT2D eigenvalue weighted by molar-refractivity contribution is 0.627. The maximum absolute atomic E-state index is 13.0. The second-order valence-electron chi connectivity index (χ2n) is 4.54. The summed E-state index contributed by atoms with van der Waals surface area (Å²) in [5.74, 6) is 0.462. The van der Waals surface area contributed by atoms with Crippen molar-refractivity contribution in [2.24, 2.45) is 0 Å². The topological polar surface area (TPSA) is 29.9 Å². The van der Waals surface area contributed by atoms with Crippen LogP contribution in [0.15, 0.2) is 60.8 Å². The molecule has 0 saturated carbocycles. The Labute approximate surface area is 116 Å². The number of imidazole rings is 1. The van der Waals surface area contributed by atoms with E-state index in [1.165, 1.54) is 12.1 Å². The summed E-state index contributed by atoms with van der Waals surface area (Å²) in [5, 5.41) is 3.26. The van der Waals surface area contributed by atoms with Gasteiger partial charge in [-0.1, -0.05) is 18.2 Å². The van der Waals surface area contributed by atoms with Crippen molar-refractivity contribution in [3.05, 3.63) is 72.3 Å². The Kier molecular flexibility index (Phi) is 3.21. The van der Waals surface area contributed by atoms with Gasteiger partial charge < -0.3 is 5.32 Å². The minimum absolute atomic E-state index is 0.247. The van der Waals surface area contributed by atoms with E-state index >= 15 is 0 Å². The first-order valence-corrected chi connectivity index (χ1v) is 6.36. The molecular formula is C16H14FN3. The molecule has 0 saturated heterocycles. The molecule has 20 heavy (non-hydrogen) atoms. The average molecular weight is 267 g/mol. The van der Waals surface area contributed by atoms with Crippen LogP contribution in [0.25, 0.3) is 5.69 Å². The van der Waals surface area contributed by atoms with E-state index in [0.29, 0.717) is 5.95 Å². The number of anilines is 2. The smallest absolute Gasteiger partial charge is 0.212 e. The van der Waals surface area contributed by atoms with Crippen LogP contribution in [0.5, 0.6) is 0 Å². The van der Waals surface area contributed by atoms with Crippen LogP contribution < -0.4 is 5.32 Å². The van der Waals surface area contributed by atoms with Crippen LogP contribution in [0.2, 0.25) is 0 Å². The van der Waals surface area contributed by atoms with Crippen LogP contribution in [-0.4, -0.2) is 9.55 Å². The molecule has 1 heterocycles. The Morgan fingerprint density at radius 1 is 1.00 bits per heavy atom. The molecule has 0 unspecified atom stereocenters. The highest BCUT2D eigenvalue weighted by Gasteiger charge is 2.07. The zero-order valence-electron chi connectivity index (χ0n) is 11.0. The van der Waals surface area contributed by atoms with Gasteiger partial charge in [-0.2, -0.15) is 0 Å². The molecular weight excluding hydrogens is 253 g/mol. The van der Waals surface area contributed by atoms with Crippen molar-refractivity contribution in [3.63, 3.8) is 0 Å². The van der Waals surface area contributed by atoms with Gasteiger partial charge in [-0.15, -0.1) is 0 Å². The van der Waals surface area contributed by atoms with E-state index in [1.54, 1.807) is 12.1 Å². The molecule has 0 amide bonds. The van der Waals surface area contributed by atoms with Crippen molar-refractivity contribution in [2.75, 3.05) is 5.32 Å². The van der Waals surface area contributed by atoms with Crippen LogP contribution in [0.3, 0.4) is 0 Å². The standard InChI is InChI=1S/C16H14FN3/c1-12-11-20(15-9-7-13(17)8-10-15)16(18-12)19-14-5-3-2-4-6-14/h2-11H,1H3,(H,18,19). The molecule has 100 valence electrons. The Morgan fingerprint density at radius 2 is 1.70 bits per heavy atom. The summed E-state index contributed by atoms with van der Waals surface area (Å²) >= 11 is 0. The number of nitrogens with zero attached hydrogens (tertiary/aromatic N) is 2. The number of halogens is 1. The highest BCUT2D eigenvalue weighted by Crippen LogP contribution is 2.20. The second-order valence-corrected chi connectivity index (χ2v) is 4.54. The van der Waals surface area contributed by atoms with Gasteiger partial charge in [0.15, 0.2) is 0 Å². The minimum Gasteiger partial charge on any atom is -0.325 e. The summed E-state index contributed by atoms with van der Waals surface area (Å²) in [6, 6.07) is 16.2. The van der Waals surface area contributed by atoms with Gasteiger partial charge in [-0.25, -0.2) is 9.37 Å². The molecule has 0 fully saturated rings. The van der Waals surface area contributed by atoms with Crippen molar-refractivity contribution in [1.82, 2.24) is 9.55 Å². The highest BCUT2D eigenvalue weighted by atomic mass is 19.1. The number of rotatable bonds is 3. The van der Waals surface area contributed by atoms with Crippen molar-refractivity contribution < 1.29 is 4.39 Å². The van der Waals surface area contributed by atoms with Crippen molar-refractivity contribution in [1.29, 1.82) is 0 Å². The lowest BCUT2D eigenvalue weighted by Crippen LogP contribution is -2.00. The van der Waals surface area contributed by atoms with Gasteiger partial charge in [0.05, 0.1) is 5.69 Å². The first-order valence-electron chi connectivity index (χ1n) is 6.36. The molecule has 0 spiro atoms. The Hall–Kier alpha value is -2.62. The first-order chi connectivity index (χ1) is 9.72. The normalized spacial score (nSPS) is 10.5. The molecule has 0 atom stereocenters. The maximum Gasteiger partial charge on any atom is 0.212 e. The molecule has 3 nitrogen and oxygen atoms in total. The molecule has 0 aliphatic carbocycles. The van der Waals surface area contributed by atoms with E-state index in [1.807, 2.05) is 48.0 Å². The zero-order chi connectivity index (χ0) is 13.9. The predicted molar refractivity (Wildman–Crippen MR) is 78.0 cm³/mol. The van der Waals surface area contributed by atoms with Crippen LogP contribution in [-0.2, 0) is 0 Å². The Balaban J connectivity index is 1.98. The molecule has 2 aromatic carbocycles. The van der Waals surface area contributed by atoms with E-state index in [2.05, 4.69) is 10.3 Å². The summed E-state index contributed by atoms with van der Waals surface area (Å²) in [5.41, 5.74) is 2.72. The fourth-order valence-electron chi connectivity index (χ4n) is 2.04. The Bertz CT molecular complexity index is 702. The number of aromatic nitrogens is 2. The maximum atomic E-state index is 13.0. The molecule has 0 radical (unpaired) electrons. The molecule has 1 aromatic heterocycles. The largest absolute Gasteiger partial charge is 0.325 e. The summed E-state index contributed by atoms with van der Waals surface area (Å²) in [7, 11) is 0. The Morgan fingerprint density at radius 3 is 2.40 bits per heavy atom. The van der Waals surface area contributed by atoms with E-state index in [0.717, 1.165) is 17.1 Å².